The van der Waals surface area contributed by atoms with Crippen LogP contribution in [0.25, 0.3) is 0 Å². The molecule has 0 saturated carbocycles. The van der Waals surface area contributed by atoms with Crippen LogP contribution in [0.1, 0.15) is 24.4 Å². The fourth-order valence-corrected chi connectivity index (χ4v) is 3.60. The molecule has 3 rings (SSSR count). The zero-order valence-electron chi connectivity index (χ0n) is 15.9. The number of benzene rings is 2. The van der Waals surface area contributed by atoms with Gasteiger partial charge < -0.3 is 20.1 Å². The number of methoxy groups -OCH3 is 2. The first-order valence-electron chi connectivity index (χ1n) is 9.26. The Morgan fingerprint density at radius 3 is 2.41 bits per heavy atom. The zero-order valence-corrected chi connectivity index (χ0v) is 16.7. The number of hydrogen-bond donors (Lipinski definition) is 2. The molecule has 2 aromatic carbocycles. The van der Waals surface area contributed by atoms with Crippen molar-refractivity contribution in [3.63, 3.8) is 0 Å². The molecule has 5 nitrogen and oxygen atoms in total. The largest absolute Gasteiger partial charge is 0.497 e. The van der Waals surface area contributed by atoms with Gasteiger partial charge in [-0.2, -0.15) is 0 Å². The van der Waals surface area contributed by atoms with E-state index in [1.54, 1.807) is 14.2 Å². The van der Waals surface area contributed by atoms with Crippen LogP contribution in [0.5, 0.6) is 11.5 Å². The summed E-state index contributed by atoms with van der Waals surface area (Å²) in [6, 6.07) is 16.3. The van der Waals surface area contributed by atoms with E-state index in [4.69, 9.17) is 21.7 Å². The number of anilines is 1. The molecule has 1 saturated heterocycles. The molecule has 144 valence electrons. The van der Waals surface area contributed by atoms with E-state index in [0.29, 0.717) is 5.11 Å². The number of thiocarbonyl (C=S) groups is 1. The van der Waals surface area contributed by atoms with E-state index in [2.05, 4.69) is 27.7 Å². The molecule has 2 aromatic rings. The second kappa shape index (κ2) is 9.58. The molecular weight excluding hydrogens is 358 g/mol. The van der Waals surface area contributed by atoms with Gasteiger partial charge in [0.15, 0.2) is 5.11 Å². The summed E-state index contributed by atoms with van der Waals surface area (Å²) in [5.41, 5.74) is 2.18. The van der Waals surface area contributed by atoms with Gasteiger partial charge in [-0.3, -0.25) is 4.90 Å². The van der Waals surface area contributed by atoms with Gasteiger partial charge in [-0.25, -0.2) is 0 Å². The highest BCUT2D eigenvalue weighted by molar-refractivity contribution is 7.80. The van der Waals surface area contributed by atoms with Crippen LogP contribution in [0.15, 0.2) is 48.5 Å². The molecule has 0 unspecified atom stereocenters. The zero-order chi connectivity index (χ0) is 19.1. The Morgan fingerprint density at radius 2 is 1.74 bits per heavy atom. The second-order valence-electron chi connectivity index (χ2n) is 6.60. The van der Waals surface area contributed by atoms with Crippen molar-refractivity contribution >= 4 is 23.0 Å². The van der Waals surface area contributed by atoms with Gasteiger partial charge in [-0.1, -0.05) is 18.2 Å². The van der Waals surface area contributed by atoms with Gasteiger partial charge in [-0.15, -0.1) is 0 Å². The first-order chi connectivity index (χ1) is 13.2. The van der Waals surface area contributed by atoms with Gasteiger partial charge in [0.05, 0.1) is 20.3 Å². The van der Waals surface area contributed by atoms with Gasteiger partial charge in [0.2, 0.25) is 0 Å². The fraction of sp³-hybridized carbons (Fsp3) is 0.381. The Labute approximate surface area is 166 Å². The average Bonchev–Trinajstić information content (AvgIpc) is 3.23. The minimum Gasteiger partial charge on any atom is -0.497 e. The molecule has 1 aliphatic heterocycles. The normalized spacial score (nSPS) is 15.2. The maximum atomic E-state index is 5.50. The third-order valence-corrected chi connectivity index (χ3v) is 5.11. The van der Waals surface area contributed by atoms with E-state index >= 15 is 0 Å². The maximum Gasteiger partial charge on any atom is 0.170 e. The molecule has 0 radical (unpaired) electrons. The standard InChI is InChI=1S/C21H27N3O2S/c1-25-18-10-8-16(9-11-18)20(24-12-3-4-13-24)15-22-21(27)23-17-6-5-7-19(14-17)26-2/h5-11,14,20H,3-4,12-13,15H2,1-2H3,(H2,22,23,27)/t20-/m1/s1. The molecule has 1 fully saturated rings. The van der Waals surface area contributed by atoms with E-state index in [-0.39, 0.29) is 6.04 Å². The Kier molecular flexibility index (Phi) is 6.90. The van der Waals surface area contributed by atoms with Gasteiger partial charge in [0, 0.05) is 18.3 Å². The van der Waals surface area contributed by atoms with Gasteiger partial charge in [-0.05, 0) is 68.0 Å². The highest BCUT2D eigenvalue weighted by Crippen LogP contribution is 2.26. The molecule has 27 heavy (non-hydrogen) atoms. The number of ether oxygens (including phenoxy) is 2. The summed E-state index contributed by atoms with van der Waals surface area (Å²) >= 11 is 5.50. The van der Waals surface area contributed by atoms with Crippen LogP contribution >= 0.6 is 12.2 Å². The van der Waals surface area contributed by atoms with Crippen molar-refractivity contribution in [3.8, 4) is 11.5 Å². The quantitative estimate of drug-likeness (QED) is 0.707. The van der Waals surface area contributed by atoms with Gasteiger partial charge in [0.1, 0.15) is 11.5 Å². The van der Waals surface area contributed by atoms with Crippen molar-refractivity contribution in [1.29, 1.82) is 0 Å². The molecule has 0 aliphatic carbocycles. The van der Waals surface area contributed by atoms with Crippen LogP contribution in [0.3, 0.4) is 0 Å². The predicted molar refractivity (Wildman–Crippen MR) is 114 cm³/mol. The molecule has 1 aliphatic rings. The fourth-order valence-electron chi connectivity index (χ4n) is 3.40. The molecule has 0 bridgehead atoms. The first kappa shape index (κ1) is 19.5. The Bertz CT molecular complexity index is 745. The monoisotopic (exact) mass is 385 g/mol. The second-order valence-corrected chi connectivity index (χ2v) is 7.01. The summed E-state index contributed by atoms with van der Waals surface area (Å²) in [7, 11) is 3.35. The lowest BCUT2D eigenvalue weighted by Crippen LogP contribution is -2.38. The van der Waals surface area contributed by atoms with Crippen molar-refractivity contribution in [1.82, 2.24) is 10.2 Å². The maximum absolute atomic E-state index is 5.50. The topological polar surface area (TPSA) is 45.8 Å². The summed E-state index contributed by atoms with van der Waals surface area (Å²) in [6.07, 6.45) is 2.50. The lowest BCUT2D eigenvalue weighted by molar-refractivity contribution is 0.246. The van der Waals surface area contributed by atoms with Crippen LogP contribution in [0, 0.1) is 0 Å². The molecule has 2 N–H and O–H groups in total. The molecule has 0 spiro atoms. The number of likely N-dealkylation sites (tertiary alicyclic amines) is 1. The van der Waals surface area contributed by atoms with Gasteiger partial charge in [0.25, 0.3) is 0 Å². The van der Waals surface area contributed by atoms with E-state index in [1.807, 2.05) is 36.4 Å². The lowest BCUT2D eigenvalue weighted by atomic mass is 10.1. The molecule has 0 amide bonds. The number of rotatable bonds is 7. The summed E-state index contributed by atoms with van der Waals surface area (Å²) in [4.78, 5) is 2.52. The Hall–Kier alpha value is -2.31. The number of nitrogens with one attached hydrogen (secondary N) is 2. The van der Waals surface area contributed by atoms with Crippen molar-refractivity contribution in [2.24, 2.45) is 0 Å². The average molecular weight is 386 g/mol. The minimum atomic E-state index is 0.281. The third-order valence-electron chi connectivity index (χ3n) is 4.87. The lowest BCUT2D eigenvalue weighted by Gasteiger charge is -2.29. The van der Waals surface area contributed by atoms with Crippen LogP contribution in [-0.4, -0.2) is 43.9 Å². The van der Waals surface area contributed by atoms with Crippen LogP contribution in [0.4, 0.5) is 5.69 Å². The predicted octanol–water partition coefficient (Wildman–Crippen LogP) is 3.83. The minimum absolute atomic E-state index is 0.281. The summed E-state index contributed by atoms with van der Waals surface area (Å²) in [5.74, 6) is 1.68. The molecule has 1 heterocycles. The van der Waals surface area contributed by atoms with E-state index in [1.165, 1.54) is 18.4 Å². The SMILES string of the molecule is COc1ccc([C@@H](CNC(=S)Nc2cccc(OC)c2)N2CCCC2)cc1. The van der Waals surface area contributed by atoms with Crippen LogP contribution < -0.4 is 20.1 Å². The summed E-state index contributed by atoms with van der Waals surface area (Å²) in [5, 5.41) is 7.23. The number of nitrogens with zero attached hydrogens (tertiary/aromatic N) is 1. The molecule has 1 atom stereocenters. The smallest absolute Gasteiger partial charge is 0.170 e. The van der Waals surface area contributed by atoms with Crippen molar-refractivity contribution < 1.29 is 9.47 Å². The molecular formula is C21H27N3O2S. The Morgan fingerprint density at radius 1 is 1.04 bits per heavy atom. The van der Waals surface area contributed by atoms with Crippen LogP contribution in [0.2, 0.25) is 0 Å². The van der Waals surface area contributed by atoms with Crippen LogP contribution in [-0.2, 0) is 0 Å². The molecule has 6 heteroatoms. The van der Waals surface area contributed by atoms with E-state index in [0.717, 1.165) is 36.8 Å². The highest BCUT2D eigenvalue weighted by atomic mass is 32.1. The van der Waals surface area contributed by atoms with E-state index in [9.17, 15) is 0 Å². The van der Waals surface area contributed by atoms with Crippen molar-refractivity contribution in [2.45, 2.75) is 18.9 Å². The van der Waals surface area contributed by atoms with E-state index < -0.39 is 0 Å². The summed E-state index contributed by atoms with van der Waals surface area (Å²) < 4.78 is 10.5. The Balaban J connectivity index is 1.63. The third kappa shape index (κ3) is 5.34. The van der Waals surface area contributed by atoms with Gasteiger partial charge >= 0.3 is 0 Å². The van der Waals surface area contributed by atoms with Crippen molar-refractivity contribution in [3.05, 3.63) is 54.1 Å². The first-order valence-corrected chi connectivity index (χ1v) is 9.67. The highest BCUT2D eigenvalue weighted by Gasteiger charge is 2.23. The van der Waals surface area contributed by atoms with Crippen molar-refractivity contribution in [2.75, 3.05) is 39.2 Å². The molecule has 0 aromatic heterocycles. The number of hydrogen-bond acceptors (Lipinski definition) is 4. The summed E-state index contributed by atoms with van der Waals surface area (Å²) in [6.45, 7) is 2.99.